The molecule has 0 aliphatic carbocycles. The van der Waals surface area contributed by atoms with E-state index < -0.39 is 6.10 Å². The lowest BCUT2D eigenvalue weighted by Crippen LogP contribution is -2.10. The molecule has 0 unspecified atom stereocenters. The fourth-order valence-corrected chi connectivity index (χ4v) is 2.47. The Morgan fingerprint density at radius 2 is 1.17 bits per heavy atom. The summed E-state index contributed by atoms with van der Waals surface area (Å²) in [7, 11) is 0. The highest BCUT2D eigenvalue weighted by Crippen LogP contribution is 2.26. The Bertz CT molecular complexity index is 754. The van der Waals surface area contributed by atoms with E-state index in [2.05, 4.69) is 0 Å². The molecule has 0 heterocycles. The summed E-state index contributed by atoms with van der Waals surface area (Å²) in [6, 6.07) is 29.2. The highest BCUT2D eigenvalue weighted by Gasteiger charge is 2.17. The van der Waals surface area contributed by atoms with Crippen molar-refractivity contribution in [3.05, 3.63) is 114 Å². The van der Waals surface area contributed by atoms with E-state index >= 15 is 0 Å². The minimum atomic E-state index is -0.416. The smallest absolute Gasteiger partial charge is 0.331 e. The molecule has 0 bridgehead atoms. The monoisotopic (exact) mass is 314 g/mol. The van der Waals surface area contributed by atoms with Gasteiger partial charge in [-0.25, -0.2) is 4.79 Å². The molecule has 118 valence electrons. The zero-order valence-electron chi connectivity index (χ0n) is 13.2. The number of hydrogen-bond acceptors (Lipinski definition) is 2. The van der Waals surface area contributed by atoms with Crippen LogP contribution < -0.4 is 0 Å². The van der Waals surface area contributed by atoms with Crippen LogP contribution in [0.25, 0.3) is 6.08 Å². The fraction of sp³-hybridized carbons (Fsp3) is 0.0455. The predicted octanol–water partition coefficient (Wildman–Crippen LogP) is 5.03. The van der Waals surface area contributed by atoms with Crippen LogP contribution in [-0.2, 0) is 9.53 Å². The molecule has 2 heteroatoms. The number of esters is 1. The molecule has 0 radical (unpaired) electrons. The number of carbonyl (C=O) groups is 1. The van der Waals surface area contributed by atoms with Crippen LogP contribution in [0.3, 0.4) is 0 Å². The minimum Gasteiger partial charge on any atom is -0.449 e. The minimum absolute atomic E-state index is 0.364. The van der Waals surface area contributed by atoms with E-state index in [-0.39, 0.29) is 5.97 Å². The Kier molecular flexibility index (Phi) is 5.21. The third kappa shape index (κ3) is 4.20. The standard InChI is InChI=1S/C22H18O2/c23-21(17-16-18-10-4-1-5-11-18)24-22(19-12-6-2-7-13-19)20-14-8-3-9-15-20/h1-17,22H. The van der Waals surface area contributed by atoms with E-state index in [1.807, 2.05) is 91.0 Å². The Balaban J connectivity index is 1.80. The maximum Gasteiger partial charge on any atom is 0.331 e. The van der Waals surface area contributed by atoms with Crippen molar-refractivity contribution < 1.29 is 9.53 Å². The van der Waals surface area contributed by atoms with Crippen molar-refractivity contribution >= 4 is 12.0 Å². The van der Waals surface area contributed by atoms with Crippen LogP contribution in [0.2, 0.25) is 0 Å². The van der Waals surface area contributed by atoms with Crippen LogP contribution >= 0.6 is 0 Å². The fourth-order valence-electron chi connectivity index (χ4n) is 2.47. The molecule has 0 saturated carbocycles. The van der Waals surface area contributed by atoms with Gasteiger partial charge >= 0.3 is 5.97 Å². The van der Waals surface area contributed by atoms with Gasteiger partial charge in [0.2, 0.25) is 0 Å². The van der Waals surface area contributed by atoms with Crippen molar-refractivity contribution in [2.45, 2.75) is 6.10 Å². The summed E-state index contributed by atoms with van der Waals surface area (Å²) >= 11 is 0. The summed E-state index contributed by atoms with van der Waals surface area (Å²) in [5.41, 5.74) is 2.86. The van der Waals surface area contributed by atoms with Gasteiger partial charge in [0, 0.05) is 6.08 Å². The van der Waals surface area contributed by atoms with Gasteiger partial charge in [-0.1, -0.05) is 91.0 Å². The quantitative estimate of drug-likeness (QED) is 0.487. The molecular weight excluding hydrogens is 296 g/mol. The van der Waals surface area contributed by atoms with E-state index in [9.17, 15) is 4.79 Å². The molecule has 3 rings (SSSR count). The molecule has 3 aromatic carbocycles. The molecule has 0 saturated heterocycles. The number of hydrogen-bond donors (Lipinski definition) is 0. The lowest BCUT2D eigenvalue weighted by molar-refractivity contribution is -0.141. The molecule has 0 aliphatic heterocycles. The molecule has 0 N–H and O–H groups in total. The zero-order chi connectivity index (χ0) is 16.6. The van der Waals surface area contributed by atoms with E-state index in [0.717, 1.165) is 16.7 Å². The topological polar surface area (TPSA) is 26.3 Å². The third-order valence-corrected chi connectivity index (χ3v) is 3.65. The summed E-state index contributed by atoms with van der Waals surface area (Å²) in [6.45, 7) is 0. The summed E-state index contributed by atoms with van der Waals surface area (Å²) in [6.07, 6.45) is 2.81. The van der Waals surface area contributed by atoms with Crippen LogP contribution in [0.1, 0.15) is 22.8 Å². The second-order valence-electron chi connectivity index (χ2n) is 5.38. The van der Waals surface area contributed by atoms with Gasteiger partial charge in [0.05, 0.1) is 0 Å². The van der Waals surface area contributed by atoms with Crippen LogP contribution in [0, 0.1) is 0 Å². The van der Waals surface area contributed by atoms with Crippen molar-refractivity contribution in [2.24, 2.45) is 0 Å². The molecule has 0 fully saturated rings. The number of carbonyl (C=O) groups excluding carboxylic acids is 1. The van der Waals surface area contributed by atoms with E-state index in [0.29, 0.717) is 0 Å². The van der Waals surface area contributed by atoms with E-state index in [1.54, 1.807) is 6.08 Å². The van der Waals surface area contributed by atoms with E-state index in [4.69, 9.17) is 4.74 Å². The Morgan fingerprint density at radius 1 is 0.708 bits per heavy atom. The predicted molar refractivity (Wildman–Crippen MR) is 96.3 cm³/mol. The Hall–Kier alpha value is -3.13. The largest absolute Gasteiger partial charge is 0.449 e. The summed E-state index contributed by atoms with van der Waals surface area (Å²) in [5, 5.41) is 0. The second-order valence-corrected chi connectivity index (χ2v) is 5.38. The van der Waals surface area contributed by atoms with Gasteiger partial charge in [-0.2, -0.15) is 0 Å². The molecular formula is C22H18O2. The first-order valence-electron chi connectivity index (χ1n) is 7.86. The first kappa shape index (κ1) is 15.8. The van der Waals surface area contributed by atoms with Crippen molar-refractivity contribution in [3.8, 4) is 0 Å². The van der Waals surface area contributed by atoms with Crippen LogP contribution in [-0.4, -0.2) is 5.97 Å². The molecule has 0 aliphatic rings. The lowest BCUT2D eigenvalue weighted by atomic mass is 10.0. The van der Waals surface area contributed by atoms with Crippen molar-refractivity contribution in [2.75, 3.05) is 0 Å². The van der Waals surface area contributed by atoms with Crippen molar-refractivity contribution in [1.82, 2.24) is 0 Å². The Morgan fingerprint density at radius 3 is 1.67 bits per heavy atom. The summed E-state index contributed by atoms with van der Waals surface area (Å²) in [5.74, 6) is -0.364. The first-order valence-corrected chi connectivity index (χ1v) is 7.86. The van der Waals surface area contributed by atoms with Crippen LogP contribution in [0.4, 0.5) is 0 Å². The molecule has 24 heavy (non-hydrogen) atoms. The second kappa shape index (κ2) is 7.93. The maximum atomic E-state index is 12.3. The summed E-state index contributed by atoms with van der Waals surface area (Å²) in [4.78, 5) is 12.3. The van der Waals surface area contributed by atoms with E-state index in [1.165, 1.54) is 6.08 Å². The molecule has 0 aromatic heterocycles. The average Bonchev–Trinajstić information content (AvgIpc) is 2.67. The summed E-state index contributed by atoms with van der Waals surface area (Å²) < 4.78 is 5.72. The number of ether oxygens (including phenoxy) is 1. The SMILES string of the molecule is O=C(C=Cc1ccccc1)OC(c1ccccc1)c1ccccc1. The molecule has 0 atom stereocenters. The average molecular weight is 314 g/mol. The van der Waals surface area contributed by atoms with Crippen LogP contribution in [0.5, 0.6) is 0 Å². The molecule has 3 aromatic rings. The van der Waals surface area contributed by atoms with Gasteiger partial charge in [0.15, 0.2) is 6.10 Å². The van der Waals surface area contributed by atoms with Crippen molar-refractivity contribution in [3.63, 3.8) is 0 Å². The van der Waals surface area contributed by atoms with Crippen LogP contribution in [0.15, 0.2) is 97.1 Å². The van der Waals surface area contributed by atoms with Gasteiger partial charge < -0.3 is 4.74 Å². The highest BCUT2D eigenvalue weighted by atomic mass is 16.5. The first-order chi connectivity index (χ1) is 11.8. The molecule has 0 spiro atoms. The van der Waals surface area contributed by atoms with Gasteiger partial charge in [0.25, 0.3) is 0 Å². The number of benzene rings is 3. The highest BCUT2D eigenvalue weighted by molar-refractivity contribution is 5.87. The normalized spacial score (nSPS) is 10.9. The zero-order valence-corrected chi connectivity index (χ0v) is 13.2. The third-order valence-electron chi connectivity index (χ3n) is 3.65. The van der Waals surface area contributed by atoms with Gasteiger partial charge in [0.1, 0.15) is 0 Å². The van der Waals surface area contributed by atoms with Gasteiger partial charge in [-0.05, 0) is 22.8 Å². The number of rotatable bonds is 5. The van der Waals surface area contributed by atoms with Crippen molar-refractivity contribution in [1.29, 1.82) is 0 Å². The molecule has 0 amide bonds. The van der Waals surface area contributed by atoms with Gasteiger partial charge in [-0.3, -0.25) is 0 Å². The molecule has 2 nitrogen and oxygen atoms in total. The van der Waals surface area contributed by atoms with Gasteiger partial charge in [-0.15, -0.1) is 0 Å². The lowest BCUT2D eigenvalue weighted by Gasteiger charge is -2.18. The maximum absolute atomic E-state index is 12.3. The Labute approximate surface area is 142 Å².